The Balaban J connectivity index is 1.73. The zero-order valence-electron chi connectivity index (χ0n) is 10.5. The van der Waals surface area contributed by atoms with Crippen molar-refractivity contribution in [1.82, 2.24) is 15.1 Å². The Hall–Kier alpha value is -1.77. The number of nitrogens with zero attached hydrogens (tertiary/aromatic N) is 3. The second-order valence-corrected chi connectivity index (χ2v) is 5.60. The van der Waals surface area contributed by atoms with Crippen LogP contribution in [0.5, 0.6) is 0 Å². The lowest BCUT2D eigenvalue weighted by atomic mass is 10.2. The molecule has 2 aromatic rings. The van der Waals surface area contributed by atoms with Gasteiger partial charge in [0.05, 0.1) is 17.5 Å². The van der Waals surface area contributed by atoms with Crippen LogP contribution in [0.2, 0.25) is 0 Å². The number of carbonyl (C=O) groups is 1. The van der Waals surface area contributed by atoms with Crippen LogP contribution in [0.1, 0.15) is 12.3 Å². The number of aromatic nitrogens is 2. The minimum Gasteiger partial charge on any atom is -0.480 e. The lowest BCUT2D eigenvalue weighted by Crippen LogP contribution is -2.35. The van der Waals surface area contributed by atoms with Crippen molar-refractivity contribution in [2.75, 3.05) is 6.54 Å². The van der Waals surface area contributed by atoms with Crippen LogP contribution < -0.4 is 0 Å². The van der Waals surface area contributed by atoms with Crippen molar-refractivity contribution in [1.29, 1.82) is 0 Å². The lowest BCUT2D eigenvalue weighted by molar-refractivity contribution is -0.142. The Morgan fingerprint density at radius 3 is 3.10 bits per heavy atom. The highest BCUT2D eigenvalue weighted by Crippen LogP contribution is 2.25. The van der Waals surface area contributed by atoms with Crippen molar-refractivity contribution in [2.45, 2.75) is 25.1 Å². The third-order valence-electron chi connectivity index (χ3n) is 3.20. The van der Waals surface area contributed by atoms with Crippen molar-refractivity contribution in [3.05, 3.63) is 23.4 Å². The van der Waals surface area contributed by atoms with E-state index in [2.05, 4.69) is 10.2 Å². The fourth-order valence-electron chi connectivity index (χ4n) is 2.30. The Bertz CT molecular complexity index is 598. The molecule has 7 nitrogen and oxygen atoms in total. The van der Waals surface area contributed by atoms with Gasteiger partial charge < -0.3 is 14.6 Å². The van der Waals surface area contributed by atoms with Crippen molar-refractivity contribution in [3.63, 3.8) is 0 Å². The molecule has 1 aliphatic heterocycles. The molecule has 0 aromatic carbocycles. The van der Waals surface area contributed by atoms with Gasteiger partial charge in [-0.05, 0) is 11.4 Å². The summed E-state index contributed by atoms with van der Waals surface area (Å²) in [6, 6.07) is 3.06. The monoisotopic (exact) mass is 295 g/mol. The molecular formula is C12H13N3O4S. The van der Waals surface area contributed by atoms with Gasteiger partial charge in [-0.1, -0.05) is 6.07 Å². The molecule has 1 saturated heterocycles. The molecule has 2 N–H and O–H groups in total. The van der Waals surface area contributed by atoms with Crippen LogP contribution in [0.25, 0.3) is 10.8 Å². The summed E-state index contributed by atoms with van der Waals surface area (Å²) in [5.74, 6) is -0.157. The van der Waals surface area contributed by atoms with Crippen LogP contribution in [0, 0.1) is 0 Å². The predicted molar refractivity (Wildman–Crippen MR) is 70.1 cm³/mol. The lowest BCUT2D eigenvalue weighted by Gasteiger charge is -2.18. The van der Waals surface area contributed by atoms with Crippen LogP contribution in [0.4, 0.5) is 0 Å². The molecule has 0 amide bonds. The fourth-order valence-corrected chi connectivity index (χ4v) is 2.95. The highest BCUT2D eigenvalue weighted by molar-refractivity contribution is 7.13. The van der Waals surface area contributed by atoms with Gasteiger partial charge in [0.25, 0.3) is 5.89 Å². The number of thiophene rings is 1. The Labute approximate surface area is 118 Å². The Kier molecular flexibility index (Phi) is 3.51. The summed E-state index contributed by atoms with van der Waals surface area (Å²) < 4.78 is 5.53. The summed E-state index contributed by atoms with van der Waals surface area (Å²) in [5.41, 5.74) is 0. The van der Waals surface area contributed by atoms with E-state index in [-0.39, 0.29) is 13.0 Å². The molecule has 106 valence electrons. The molecule has 0 bridgehead atoms. The highest BCUT2D eigenvalue weighted by atomic mass is 32.1. The van der Waals surface area contributed by atoms with E-state index in [0.717, 1.165) is 4.88 Å². The third kappa shape index (κ3) is 2.58. The normalized spacial score (nSPS) is 23.2. The molecule has 0 saturated carbocycles. The van der Waals surface area contributed by atoms with Crippen molar-refractivity contribution >= 4 is 17.3 Å². The summed E-state index contributed by atoms with van der Waals surface area (Å²) in [6.45, 7) is 0.528. The number of aliphatic hydroxyl groups excluding tert-OH is 1. The molecule has 0 aliphatic carbocycles. The van der Waals surface area contributed by atoms with E-state index < -0.39 is 18.1 Å². The molecule has 3 rings (SSSR count). The first-order chi connectivity index (χ1) is 9.63. The van der Waals surface area contributed by atoms with Crippen LogP contribution in [0.3, 0.4) is 0 Å². The number of hydrogen-bond donors (Lipinski definition) is 2. The van der Waals surface area contributed by atoms with Crippen molar-refractivity contribution in [3.8, 4) is 10.8 Å². The zero-order chi connectivity index (χ0) is 14.1. The molecule has 20 heavy (non-hydrogen) atoms. The fraction of sp³-hybridized carbons (Fsp3) is 0.417. The van der Waals surface area contributed by atoms with E-state index in [1.165, 1.54) is 11.3 Å². The van der Waals surface area contributed by atoms with E-state index in [1.807, 2.05) is 17.5 Å². The number of carboxylic acid groups (broad SMARTS) is 1. The van der Waals surface area contributed by atoms with Gasteiger partial charge in [-0.2, -0.15) is 0 Å². The first kappa shape index (κ1) is 13.2. The molecule has 3 heterocycles. The first-order valence-corrected chi connectivity index (χ1v) is 7.02. The standard InChI is InChI=1S/C12H13N3O4S/c16-7-4-8(12(17)18)15(5-7)6-10-13-14-11(19-10)9-2-1-3-20-9/h1-3,7-8,16H,4-6H2,(H,17,18). The minimum absolute atomic E-state index is 0.223. The Morgan fingerprint density at radius 1 is 1.55 bits per heavy atom. The van der Waals surface area contributed by atoms with Crippen LogP contribution >= 0.6 is 11.3 Å². The van der Waals surface area contributed by atoms with Crippen LogP contribution in [0.15, 0.2) is 21.9 Å². The molecule has 1 aliphatic rings. The molecule has 1 fully saturated rings. The number of rotatable bonds is 4. The molecule has 2 unspecified atom stereocenters. The van der Waals surface area contributed by atoms with Crippen molar-refractivity contribution < 1.29 is 19.4 Å². The molecule has 0 spiro atoms. The third-order valence-corrected chi connectivity index (χ3v) is 4.06. The summed E-state index contributed by atoms with van der Waals surface area (Å²) in [7, 11) is 0. The summed E-state index contributed by atoms with van der Waals surface area (Å²) >= 11 is 1.49. The minimum atomic E-state index is -0.945. The summed E-state index contributed by atoms with van der Waals surface area (Å²) in [5, 5.41) is 28.5. The van der Waals surface area contributed by atoms with Gasteiger partial charge in [-0.3, -0.25) is 9.69 Å². The smallest absolute Gasteiger partial charge is 0.321 e. The average molecular weight is 295 g/mol. The van der Waals surface area contributed by atoms with Crippen molar-refractivity contribution in [2.24, 2.45) is 0 Å². The highest BCUT2D eigenvalue weighted by Gasteiger charge is 2.36. The van der Waals surface area contributed by atoms with Gasteiger partial charge in [0, 0.05) is 13.0 Å². The van der Waals surface area contributed by atoms with Gasteiger partial charge in [-0.25, -0.2) is 0 Å². The second kappa shape index (κ2) is 5.31. The molecular weight excluding hydrogens is 282 g/mol. The predicted octanol–water partition coefficient (Wildman–Crippen LogP) is 0.818. The van der Waals surface area contributed by atoms with E-state index in [4.69, 9.17) is 9.52 Å². The number of aliphatic carboxylic acids is 1. The summed E-state index contributed by atoms with van der Waals surface area (Å²) in [6.07, 6.45) is -0.405. The van der Waals surface area contributed by atoms with Gasteiger partial charge in [0.1, 0.15) is 6.04 Å². The van der Waals surface area contributed by atoms with Crippen LogP contribution in [-0.4, -0.2) is 50.0 Å². The average Bonchev–Trinajstić information content (AvgIpc) is 3.09. The quantitative estimate of drug-likeness (QED) is 0.861. The van der Waals surface area contributed by atoms with E-state index in [1.54, 1.807) is 4.90 Å². The first-order valence-electron chi connectivity index (χ1n) is 6.14. The zero-order valence-corrected chi connectivity index (χ0v) is 11.3. The maximum absolute atomic E-state index is 11.1. The molecule has 8 heteroatoms. The maximum Gasteiger partial charge on any atom is 0.321 e. The number of hydrogen-bond acceptors (Lipinski definition) is 7. The number of β-amino-alcohol motifs (C(OH)–C–C–N with tert-alkyl or cyclic N) is 1. The molecule has 2 aromatic heterocycles. The number of likely N-dealkylation sites (tertiary alicyclic amines) is 1. The van der Waals surface area contributed by atoms with E-state index in [9.17, 15) is 9.90 Å². The van der Waals surface area contributed by atoms with Gasteiger partial charge in [0.15, 0.2) is 0 Å². The number of aliphatic hydroxyl groups is 1. The van der Waals surface area contributed by atoms with E-state index >= 15 is 0 Å². The molecule has 2 atom stereocenters. The largest absolute Gasteiger partial charge is 0.480 e. The van der Waals surface area contributed by atoms with Gasteiger partial charge in [0.2, 0.25) is 5.89 Å². The van der Waals surface area contributed by atoms with Gasteiger partial charge in [-0.15, -0.1) is 21.5 Å². The van der Waals surface area contributed by atoms with Crippen LogP contribution in [-0.2, 0) is 11.3 Å². The topological polar surface area (TPSA) is 99.7 Å². The second-order valence-electron chi connectivity index (χ2n) is 4.65. The number of carboxylic acids is 1. The SMILES string of the molecule is O=C(O)C1CC(O)CN1Cc1nnc(-c2cccs2)o1. The summed E-state index contributed by atoms with van der Waals surface area (Å²) in [4.78, 5) is 13.6. The van der Waals surface area contributed by atoms with E-state index in [0.29, 0.717) is 18.3 Å². The maximum atomic E-state index is 11.1. The Morgan fingerprint density at radius 2 is 2.40 bits per heavy atom. The molecule has 0 radical (unpaired) electrons. The van der Waals surface area contributed by atoms with Gasteiger partial charge >= 0.3 is 5.97 Å².